The SMILES string of the molecule is CCN(CC)c1ccc(C2C(C(=O)c3cc4cccc(OC)c4o3)=C(O)C(=O)N2CCCN(C)C)cc1. The number of fused-ring (bicyclic) bond motifs is 1. The van der Waals surface area contributed by atoms with E-state index in [2.05, 4.69) is 18.7 Å². The first-order chi connectivity index (χ1) is 17.8. The van der Waals surface area contributed by atoms with E-state index in [9.17, 15) is 14.7 Å². The number of benzene rings is 2. The van der Waals surface area contributed by atoms with E-state index in [1.807, 2.05) is 55.4 Å². The molecule has 1 atom stereocenters. The van der Waals surface area contributed by atoms with Gasteiger partial charge in [-0.25, -0.2) is 0 Å². The van der Waals surface area contributed by atoms with Gasteiger partial charge in [0, 0.05) is 30.7 Å². The number of amides is 1. The Kier molecular flexibility index (Phi) is 7.88. The third kappa shape index (κ3) is 5.06. The Labute approximate surface area is 217 Å². The van der Waals surface area contributed by atoms with Gasteiger partial charge in [-0.3, -0.25) is 9.59 Å². The second kappa shape index (κ2) is 11.1. The van der Waals surface area contributed by atoms with Gasteiger partial charge in [0.05, 0.1) is 18.7 Å². The topological polar surface area (TPSA) is 86.5 Å². The van der Waals surface area contributed by atoms with E-state index in [4.69, 9.17) is 9.15 Å². The summed E-state index contributed by atoms with van der Waals surface area (Å²) < 4.78 is 11.3. The van der Waals surface area contributed by atoms with Crippen molar-refractivity contribution >= 4 is 28.3 Å². The molecule has 8 nitrogen and oxygen atoms in total. The number of para-hydroxylation sites is 1. The largest absolute Gasteiger partial charge is 0.503 e. The number of ketones is 1. The van der Waals surface area contributed by atoms with Crippen molar-refractivity contribution in [3.8, 4) is 5.75 Å². The summed E-state index contributed by atoms with van der Waals surface area (Å²) in [6.45, 7) is 7.10. The summed E-state index contributed by atoms with van der Waals surface area (Å²) in [4.78, 5) is 32.9. The number of carbonyl (C=O) groups excluding carboxylic acids is 2. The number of aliphatic hydroxyl groups excluding tert-OH is 1. The van der Waals surface area contributed by atoms with Gasteiger partial charge in [-0.2, -0.15) is 0 Å². The molecule has 4 rings (SSSR count). The van der Waals surface area contributed by atoms with E-state index in [-0.39, 0.29) is 11.3 Å². The maximum absolute atomic E-state index is 13.8. The Hall–Kier alpha value is -3.78. The zero-order valence-corrected chi connectivity index (χ0v) is 22.2. The second-order valence-electron chi connectivity index (χ2n) is 9.40. The Morgan fingerprint density at radius 1 is 1.11 bits per heavy atom. The van der Waals surface area contributed by atoms with E-state index in [0.717, 1.165) is 30.9 Å². The van der Waals surface area contributed by atoms with Crippen LogP contribution in [0.1, 0.15) is 42.4 Å². The number of furan rings is 1. The first-order valence-corrected chi connectivity index (χ1v) is 12.7. The predicted octanol–water partition coefficient (Wildman–Crippen LogP) is 4.82. The van der Waals surface area contributed by atoms with Crippen LogP contribution >= 0.6 is 0 Å². The van der Waals surface area contributed by atoms with Gasteiger partial charge in [-0.15, -0.1) is 0 Å². The number of carbonyl (C=O) groups is 2. The molecule has 1 aliphatic heterocycles. The minimum atomic E-state index is -0.719. The molecule has 3 aromatic rings. The van der Waals surface area contributed by atoms with Crippen LogP contribution in [0.2, 0.25) is 0 Å². The summed E-state index contributed by atoms with van der Waals surface area (Å²) in [5.41, 5.74) is 2.29. The summed E-state index contributed by atoms with van der Waals surface area (Å²) in [6.07, 6.45) is 0.698. The number of ether oxygens (including phenoxy) is 1. The molecule has 1 aromatic heterocycles. The molecule has 2 heterocycles. The van der Waals surface area contributed by atoms with Crippen LogP contribution < -0.4 is 9.64 Å². The second-order valence-corrected chi connectivity index (χ2v) is 9.40. The predicted molar refractivity (Wildman–Crippen MR) is 144 cm³/mol. The zero-order valence-electron chi connectivity index (χ0n) is 22.2. The molecular formula is C29H35N3O5. The molecule has 1 unspecified atom stereocenters. The molecule has 196 valence electrons. The van der Waals surface area contributed by atoms with Crippen LogP contribution in [0.5, 0.6) is 5.75 Å². The van der Waals surface area contributed by atoms with Gasteiger partial charge in [-0.05, 0) is 70.7 Å². The smallest absolute Gasteiger partial charge is 0.290 e. The number of methoxy groups -OCH3 is 1. The molecule has 8 heteroatoms. The summed E-state index contributed by atoms with van der Waals surface area (Å²) in [6, 6.07) is 14.1. The molecule has 0 fully saturated rings. The van der Waals surface area contributed by atoms with Gasteiger partial charge in [0.2, 0.25) is 5.78 Å². The third-order valence-corrected chi connectivity index (χ3v) is 6.84. The average molecular weight is 506 g/mol. The van der Waals surface area contributed by atoms with E-state index in [0.29, 0.717) is 29.7 Å². The molecule has 1 amide bonds. The van der Waals surface area contributed by atoms with Crippen LogP contribution in [0.25, 0.3) is 11.0 Å². The highest BCUT2D eigenvalue weighted by atomic mass is 16.5. The first-order valence-electron chi connectivity index (χ1n) is 12.7. The van der Waals surface area contributed by atoms with Crippen molar-refractivity contribution in [3.05, 3.63) is 71.2 Å². The van der Waals surface area contributed by atoms with E-state index in [1.54, 1.807) is 17.0 Å². The molecular weight excluding hydrogens is 470 g/mol. The lowest BCUT2D eigenvalue weighted by atomic mass is 9.94. The van der Waals surface area contributed by atoms with E-state index < -0.39 is 23.5 Å². The molecule has 0 spiro atoms. The van der Waals surface area contributed by atoms with Crippen molar-refractivity contribution in [1.82, 2.24) is 9.80 Å². The number of hydrogen-bond donors (Lipinski definition) is 1. The van der Waals surface area contributed by atoms with Gasteiger partial charge < -0.3 is 29.0 Å². The summed E-state index contributed by atoms with van der Waals surface area (Å²) >= 11 is 0. The van der Waals surface area contributed by atoms with Gasteiger partial charge in [0.25, 0.3) is 5.91 Å². The molecule has 0 radical (unpaired) electrons. The average Bonchev–Trinajstić information content (AvgIpc) is 3.44. The molecule has 0 saturated heterocycles. The van der Waals surface area contributed by atoms with E-state index in [1.165, 1.54) is 7.11 Å². The highest BCUT2D eigenvalue weighted by Crippen LogP contribution is 2.40. The quantitative estimate of drug-likeness (QED) is 0.374. The number of hydrogen-bond acceptors (Lipinski definition) is 7. The van der Waals surface area contributed by atoms with Crippen LogP contribution in [0.4, 0.5) is 5.69 Å². The van der Waals surface area contributed by atoms with Crippen LogP contribution in [-0.4, -0.2) is 74.0 Å². The van der Waals surface area contributed by atoms with Gasteiger partial charge >= 0.3 is 0 Å². The van der Waals surface area contributed by atoms with Gasteiger partial charge in [0.1, 0.15) is 0 Å². The van der Waals surface area contributed by atoms with Crippen LogP contribution in [0.15, 0.2) is 64.3 Å². The minimum Gasteiger partial charge on any atom is -0.503 e. The van der Waals surface area contributed by atoms with Crippen LogP contribution in [-0.2, 0) is 4.79 Å². The van der Waals surface area contributed by atoms with Gasteiger partial charge in [-0.1, -0.05) is 24.3 Å². The van der Waals surface area contributed by atoms with Gasteiger partial charge in [0.15, 0.2) is 22.9 Å². The van der Waals surface area contributed by atoms with Crippen molar-refractivity contribution in [2.45, 2.75) is 26.3 Å². The molecule has 0 bridgehead atoms. The number of anilines is 1. The normalized spacial score (nSPS) is 15.8. The number of Topliss-reactive ketones (excluding diaryl/α,β-unsaturated/α-hetero) is 1. The lowest BCUT2D eigenvalue weighted by molar-refractivity contribution is -0.129. The highest BCUT2D eigenvalue weighted by molar-refractivity contribution is 6.16. The van der Waals surface area contributed by atoms with Crippen molar-refractivity contribution in [2.75, 3.05) is 52.3 Å². The first kappa shape index (κ1) is 26.3. The Morgan fingerprint density at radius 2 is 1.81 bits per heavy atom. The molecule has 0 aliphatic carbocycles. The Bertz CT molecular complexity index is 1300. The summed E-state index contributed by atoms with van der Waals surface area (Å²) in [5, 5.41) is 11.7. The lowest BCUT2D eigenvalue weighted by Crippen LogP contribution is -2.33. The Balaban J connectivity index is 1.75. The number of rotatable bonds is 11. The minimum absolute atomic E-state index is 0.0310. The lowest BCUT2D eigenvalue weighted by Gasteiger charge is -2.28. The van der Waals surface area contributed by atoms with Crippen molar-refractivity contribution in [2.24, 2.45) is 0 Å². The number of aliphatic hydroxyl groups is 1. The monoisotopic (exact) mass is 505 g/mol. The molecule has 1 N–H and O–H groups in total. The van der Waals surface area contributed by atoms with Crippen molar-refractivity contribution in [1.29, 1.82) is 0 Å². The van der Waals surface area contributed by atoms with Crippen molar-refractivity contribution < 1.29 is 23.8 Å². The molecule has 2 aromatic carbocycles. The maximum atomic E-state index is 13.8. The molecule has 1 aliphatic rings. The summed E-state index contributed by atoms with van der Waals surface area (Å²) in [7, 11) is 5.47. The standard InChI is InChI=1S/C29H35N3O5/c1-6-31(7-2)21-14-12-19(13-15-21)25-24(27(34)29(35)32(25)17-9-16-30(3)4)26(33)23-18-20-10-8-11-22(36-5)28(20)37-23/h8,10-15,18,25,34H,6-7,9,16-17H2,1-5H3. The third-order valence-electron chi connectivity index (χ3n) is 6.84. The maximum Gasteiger partial charge on any atom is 0.290 e. The fraction of sp³-hybridized carbons (Fsp3) is 0.379. The number of nitrogens with zero attached hydrogens (tertiary/aromatic N) is 3. The Morgan fingerprint density at radius 3 is 2.43 bits per heavy atom. The van der Waals surface area contributed by atoms with Crippen molar-refractivity contribution in [3.63, 3.8) is 0 Å². The van der Waals surface area contributed by atoms with Crippen LogP contribution in [0.3, 0.4) is 0 Å². The summed E-state index contributed by atoms with van der Waals surface area (Å²) in [5.74, 6) is -1.04. The fourth-order valence-electron chi connectivity index (χ4n) is 4.92. The highest BCUT2D eigenvalue weighted by Gasteiger charge is 2.44. The zero-order chi connectivity index (χ0) is 26.7. The van der Waals surface area contributed by atoms with E-state index >= 15 is 0 Å². The fourth-order valence-corrected chi connectivity index (χ4v) is 4.92. The molecule has 0 saturated carbocycles. The molecule has 37 heavy (non-hydrogen) atoms. The van der Waals surface area contributed by atoms with Crippen LogP contribution in [0, 0.1) is 0 Å².